The van der Waals surface area contributed by atoms with E-state index in [4.69, 9.17) is 0 Å². The Morgan fingerprint density at radius 1 is 1.44 bits per heavy atom. The maximum Gasteiger partial charge on any atom is 0.0790 e. The molecule has 0 aliphatic carbocycles. The van der Waals surface area contributed by atoms with Crippen molar-refractivity contribution in [3.05, 3.63) is 29.3 Å². The van der Waals surface area contributed by atoms with Crippen LogP contribution in [0.25, 0.3) is 0 Å². The average molecular weight is 234 g/mol. The van der Waals surface area contributed by atoms with Crippen molar-refractivity contribution in [3.63, 3.8) is 0 Å². The lowest BCUT2D eigenvalue weighted by Crippen LogP contribution is -2.25. The number of nitrogens with zero attached hydrogens (tertiary/aromatic N) is 1. The molecule has 0 aromatic heterocycles. The number of hydrogen-bond donors (Lipinski definition) is 1. The molecule has 1 unspecified atom stereocenters. The smallest absolute Gasteiger partial charge is 0.0790 e. The minimum absolute atomic E-state index is 0.525. The van der Waals surface area contributed by atoms with Crippen molar-refractivity contribution in [1.29, 1.82) is 0 Å². The van der Waals surface area contributed by atoms with Crippen LogP contribution in [0.1, 0.15) is 22.9 Å². The number of thioether (sulfide) groups is 1. The van der Waals surface area contributed by atoms with Gasteiger partial charge in [0.05, 0.1) is 5.37 Å². The van der Waals surface area contributed by atoms with Crippen LogP contribution in [-0.2, 0) is 6.42 Å². The quantitative estimate of drug-likeness (QED) is 0.803. The third-order valence-corrected chi connectivity index (χ3v) is 4.69. The highest BCUT2D eigenvalue weighted by Gasteiger charge is 2.19. The zero-order chi connectivity index (χ0) is 11.0. The Morgan fingerprint density at radius 3 is 3.19 bits per heavy atom. The molecule has 1 atom stereocenters. The summed E-state index contributed by atoms with van der Waals surface area (Å²) in [5, 5.41) is 4.07. The maximum absolute atomic E-state index is 3.54. The van der Waals surface area contributed by atoms with E-state index in [0.717, 1.165) is 6.54 Å². The molecular weight excluding hydrogens is 216 g/mol. The minimum Gasteiger partial charge on any atom is -0.374 e. The van der Waals surface area contributed by atoms with Crippen LogP contribution < -0.4 is 10.2 Å². The summed E-state index contributed by atoms with van der Waals surface area (Å²) in [5.74, 6) is 1.24. The zero-order valence-electron chi connectivity index (χ0n) is 9.70. The van der Waals surface area contributed by atoms with Crippen LogP contribution in [0.4, 0.5) is 5.69 Å². The minimum atomic E-state index is 0.525. The van der Waals surface area contributed by atoms with Crippen LogP contribution in [-0.4, -0.2) is 25.9 Å². The van der Waals surface area contributed by atoms with Gasteiger partial charge >= 0.3 is 0 Å². The molecule has 2 aliphatic heterocycles. The normalized spacial score (nSPS) is 24.6. The van der Waals surface area contributed by atoms with Crippen molar-refractivity contribution in [2.45, 2.75) is 18.2 Å². The average Bonchev–Trinajstić information content (AvgIpc) is 2.82. The summed E-state index contributed by atoms with van der Waals surface area (Å²) in [6.07, 6.45) is 2.53. The third-order valence-electron chi connectivity index (χ3n) is 3.47. The summed E-state index contributed by atoms with van der Waals surface area (Å²) in [5.41, 5.74) is 4.41. The molecule has 0 saturated carbocycles. The van der Waals surface area contributed by atoms with Gasteiger partial charge in [-0.2, -0.15) is 0 Å². The topological polar surface area (TPSA) is 15.3 Å². The largest absolute Gasteiger partial charge is 0.374 e. The van der Waals surface area contributed by atoms with Crippen LogP contribution >= 0.6 is 11.8 Å². The molecule has 1 aromatic rings. The first-order chi connectivity index (χ1) is 7.84. The fourth-order valence-corrected chi connectivity index (χ4v) is 3.65. The van der Waals surface area contributed by atoms with Gasteiger partial charge in [0.1, 0.15) is 0 Å². The number of hydrogen-bond acceptors (Lipinski definition) is 3. The molecule has 2 heterocycles. The van der Waals surface area contributed by atoms with Gasteiger partial charge in [0.25, 0.3) is 0 Å². The Kier molecular flexibility index (Phi) is 2.82. The molecule has 2 nitrogen and oxygen atoms in total. The van der Waals surface area contributed by atoms with E-state index in [0.29, 0.717) is 5.37 Å². The molecule has 86 valence electrons. The second-order valence-corrected chi connectivity index (χ2v) is 5.83. The highest BCUT2D eigenvalue weighted by molar-refractivity contribution is 7.99. The number of anilines is 1. The van der Waals surface area contributed by atoms with Crippen LogP contribution in [0.5, 0.6) is 0 Å². The van der Waals surface area contributed by atoms with E-state index < -0.39 is 0 Å². The van der Waals surface area contributed by atoms with Gasteiger partial charge in [-0.15, -0.1) is 11.8 Å². The number of fused-ring (bicyclic) bond motifs is 1. The van der Waals surface area contributed by atoms with Gasteiger partial charge in [-0.05, 0) is 30.0 Å². The van der Waals surface area contributed by atoms with Crippen LogP contribution in [0.2, 0.25) is 0 Å². The first kappa shape index (κ1) is 10.5. The molecule has 0 amide bonds. The number of rotatable bonds is 1. The highest BCUT2D eigenvalue weighted by Crippen LogP contribution is 2.34. The molecule has 1 N–H and O–H groups in total. The molecule has 1 fully saturated rings. The van der Waals surface area contributed by atoms with E-state index >= 15 is 0 Å². The highest BCUT2D eigenvalue weighted by atomic mass is 32.2. The van der Waals surface area contributed by atoms with Gasteiger partial charge in [-0.25, -0.2) is 0 Å². The fourth-order valence-electron chi connectivity index (χ4n) is 2.61. The predicted octanol–water partition coefficient (Wildman–Crippen LogP) is 2.40. The molecule has 16 heavy (non-hydrogen) atoms. The number of benzene rings is 1. The molecule has 1 aromatic carbocycles. The molecule has 3 heteroatoms. The first-order valence-corrected chi connectivity index (χ1v) is 7.08. The molecule has 0 radical (unpaired) electrons. The summed E-state index contributed by atoms with van der Waals surface area (Å²) >= 11 is 2.02. The van der Waals surface area contributed by atoms with Gasteiger partial charge in [-0.3, -0.25) is 0 Å². The van der Waals surface area contributed by atoms with Gasteiger partial charge in [0, 0.05) is 31.6 Å². The second kappa shape index (κ2) is 4.30. The Labute approximate surface area is 101 Å². The predicted molar refractivity (Wildman–Crippen MR) is 71.2 cm³/mol. The Hall–Kier alpha value is -0.670. The number of nitrogens with one attached hydrogen (secondary N) is 1. The van der Waals surface area contributed by atoms with Crippen molar-refractivity contribution >= 4 is 17.4 Å². The summed E-state index contributed by atoms with van der Waals surface area (Å²) in [6, 6.07) is 6.99. The van der Waals surface area contributed by atoms with Crippen LogP contribution in [0.3, 0.4) is 0 Å². The fraction of sp³-hybridized carbons (Fsp3) is 0.538. The second-order valence-electron chi connectivity index (χ2n) is 4.62. The van der Waals surface area contributed by atoms with Gasteiger partial charge in [0.2, 0.25) is 0 Å². The van der Waals surface area contributed by atoms with Crippen molar-refractivity contribution < 1.29 is 0 Å². The molecule has 2 aliphatic rings. The zero-order valence-corrected chi connectivity index (χ0v) is 10.5. The van der Waals surface area contributed by atoms with Crippen molar-refractivity contribution in [2.24, 2.45) is 0 Å². The van der Waals surface area contributed by atoms with Crippen molar-refractivity contribution in [1.82, 2.24) is 5.32 Å². The summed E-state index contributed by atoms with van der Waals surface area (Å²) in [6.45, 7) is 2.34. The van der Waals surface area contributed by atoms with Gasteiger partial charge in [0.15, 0.2) is 0 Å². The SMILES string of the molecule is CN1CCCc2cc(C3NCCS3)ccc21. The standard InChI is InChI=1S/C13H18N2S/c1-15-7-2-3-10-9-11(4-5-12(10)15)13-14-6-8-16-13/h4-5,9,13-14H,2-3,6-8H2,1H3. The maximum atomic E-state index is 3.54. The first-order valence-electron chi connectivity index (χ1n) is 6.03. The molecule has 0 bridgehead atoms. The molecule has 1 saturated heterocycles. The monoisotopic (exact) mass is 234 g/mol. The lowest BCUT2D eigenvalue weighted by Gasteiger charge is -2.28. The van der Waals surface area contributed by atoms with E-state index in [2.05, 4.69) is 35.5 Å². The molecule has 3 rings (SSSR count). The molecule has 0 spiro atoms. The Balaban J connectivity index is 1.91. The molecular formula is C13H18N2S. The van der Waals surface area contributed by atoms with E-state index in [1.54, 1.807) is 0 Å². The van der Waals surface area contributed by atoms with Gasteiger partial charge in [-0.1, -0.05) is 12.1 Å². The Morgan fingerprint density at radius 2 is 2.38 bits per heavy atom. The van der Waals surface area contributed by atoms with E-state index in [1.807, 2.05) is 11.8 Å². The van der Waals surface area contributed by atoms with E-state index in [-0.39, 0.29) is 0 Å². The van der Waals surface area contributed by atoms with Crippen molar-refractivity contribution in [3.8, 4) is 0 Å². The van der Waals surface area contributed by atoms with E-state index in [1.165, 1.54) is 42.0 Å². The van der Waals surface area contributed by atoms with E-state index in [9.17, 15) is 0 Å². The third kappa shape index (κ3) is 1.82. The summed E-state index contributed by atoms with van der Waals surface area (Å²) in [7, 11) is 2.19. The lowest BCUT2D eigenvalue weighted by molar-refractivity contribution is 0.729. The summed E-state index contributed by atoms with van der Waals surface area (Å²) < 4.78 is 0. The summed E-state index contributed by atoms with van der Waals surface area (Å²) in [4.78, 5) is 2.37. The van der Waals surface area contributed by atoms with Gasteiger partial charge < -0.3 is 10.2 Å². The van der Waals surface area contributed by atoms with Crippen LogP contribution in [0.15, 0.2) is 18.2 Å². The lowest BCUT2D eigenvalue weighted by atomic mass is 9.99. The Bertz CT molecular complexity index is 386. The van der Waals surface area contributed by atoms with Crippen molar-refractivity contribution in [2.75, 3.05) is 30.8 Å². The number of aryl methyl sites for hydroxylation is 1. The van der Waals surface area contributed by atoms with Crippen LogP contribution in [0, 0.1) is 0 Å².